The third kappa shape index (κ3) is 3.91. The third-order valence-corrected chi connectivity index (χ3v) is 4.93. The van der Waals surface area contributed by atoms with Crippen molar-refractivity contribution in [1.29, 1.82) is 5.26 Å². The molecule has 0 saturated heterocycles. The van der Waals surface area contributed by atoms with Gasteiger partial charge in [-0.05, 0) is 32.4 Å². The fourth-order valence-corrected chi connectivity index (χ4v) is 3.25. The number of aryl methyl sites for hydroxylation is 2. The quantitative estimate of drug-likeness (QED) is 0.622. The summed E-state index contributed by atoms with van der Waals surface area (Å²) in [5, 5.41) is 29.3. The zero-order valence-corrected chi connectivity index (χ0v) is 15.9. The Labute approximate surface area is 160 Å². The van der Waals surface area contributed by atoms with Crippen molar-refractivity contribution in [3.05, 3.63) is 46.1 Å². The van der Waals surface area contributed by atoms with Crippen molar-refractivity contribution >= 4 is 33.9 Å². The van der Waals surface area contributed by atoms with E-state index in [9.17, 15) is 9.90 Å². The molecule has 0 unspecified atom stereocenters. The number of anilines is 3. The van der Waals surface area contributed by atoms with Crippen molar-refractivity contribution in [2.75, 3.05) is 10.6 Å². The van der Waals surface area contributed by atoms with Gasteiger partial charge in [-0.2, -0.15) is 10.4 Å². The van der Waals surface area contributed by atoms with Crippen LogP contribution in [0.15, 0.2) is 24.5 Å². The maximum atomic E-state index is 12.5. The number of rotatable bonds is 5. The van der Waals surface area contributed by atoms with Crippen molar-refractivity contribution in [3.63, 3.8) is 0 Å². The standard InChI is InChI=1S/C18H18N6O2S/c1-10-4-5-13(25)12(3)15(10)21-17(26)14-8-20-18(27-14)22-16-11(2)9-24(23-16)7-6-19/h4-5,8-9,25H,7H2,1-3H3,(H,21,26)(H,20,22,23). The molecule has 2 aromatic heterocycles. The fraction of sp³-hybridized carbons (Fsp3) is 0.222. The van der Waals surface area contributed by atoms with Crippen molar-refractivity contribution in [3.8, 4) is 11.8 Å². The largest absolute Gasteiger partial charge is 0.508 e. The average molecular weight is 382 g/mol. The predicted molar refractivity (Wildman–Crippen MR) is 104 cm³/mol. The van der Waals surface area contributed by atoms with E-state index in [2.05, 4.69) is 20.7 Å². The highest BCUT2D eigenvalue weighted by Gasteiger charge is 2.16. The minimum Gasteiger partial charge on any atom is -0.508 e. The molecule has 3 N–H and O–H groups in total. The number of thiazole rings is 1. The second-order valence-electron chi connectivity index (χ2n) is 6.03. The highest BCUT2D eigenvalue weighted by molar-refractivity contribution is 7.17. The number of aromatic hydroxyl groups is 1. The number of hydrogen-bond acceptors (Lipinski definition) is 7. The van der Waals surface area contributed by atoms with Crippen LogP contribution in [-0.4, -0.2) is 25.8 Å². The van der Waals surface area contributed by atoms with Crippen LogP contribution in [0.4, 0.5) is 16.6 Å². The van der Waals surface area contributed by atoms with Crippen molar-refractivity contribution in [2.24, 2.45) is 0 Å². The van der Waals surface area contributed by atoms with E-state index in [-0.39, 0.29) is 18.2 Å². The Morgan fingerprint density at radius 1 is 1.33 bits per heavy atom. The first-order valence-corrected chi connectivity index (χ1v) is 8.95. The van der Waals surface area contributed by atoms with E-state index in [0.717, 1.165) is 11.1 Å². The molecular weight excluding hydrogens is 364 g/mol. The van der Waals surface area contributed by atoms with Gasteiger partial charge >= 0.3 is 0 Å². The Hall–Kier alpha value is -3.38. The summed E-state index contributed by atoms with van der Waals surface area (Å²) in [5.41, 5.74) is 2.94. The minimum absolute atomic E-state index is 0.131. The van der Waals surface area contributed by atoms with Crippen molar-refractivity contribution in [2.45, 2.75) is 27.3 Å². The minimum atomic E-state index is -0.302. The van der Waals surface area contributed by atoms with E-state index in [1.165, 1.54) is 22.2 Å². The molecule has 0 aliphatic rings. The summed E-state index contributed by atoms with van der Waals surface area (Å²) in [6.45, 7) is 5.65. The van der Waals surface area contributed by atoms with Crippen LogP contribution in [0, 0.1) is 32.1 Å². The van der Waals surface area contributed by atoms with Crippen LogP contribution in [0.5, 0.6) is 5.75 Å². The molecule has 0 spiro atoms. The predicted octanol–water partition coefficient (Wildman–Crippen LogP) is 3.49. The second kappa shape index (κ2) is 7.47. The number of phenols is 1. The first-order valence-electron chi connectivity index (χ1n) is 8.13. The lowest BCUT2D eigenvalue weighted by Gasteiger charge is -2.11. The zero-order chi connectivity index (χ0) is 19.6. The molecule has 27 heavy (non-hydrogen) atoms. The average Bonchev–Trinajstić information content (AvgIpc) is 3.23. The number of nitriles is 1. The molecule has 9 heteroatoms. The molecule has 0 saturated carbocycles. The van der Waals surface area contributed by atoms with E-state index in [1.54, 1.807) is 25.3 Å². The molecule has 2 heterocycles. The molecule has 3 aromatic rings. The smallest absolute Gasteiger partial charge is 0.267 e. The lowest BCUT2D eigenvalue weighted by Crippen LogP contribution is -2.12. The summed E-state index contributed by atoms with van der Waals surface area (Å²) in [5.74, 6) is 0.418. The lowest BCUT2D eigenvalue weighted by atomic mass is 10.1. The van der Waals surface area contributed by atoms with E-state index >= 15 is 0 Å². The molecule has 1 amide bonds. The number of phenolic OH excluding ortho intramolecular Hbond substituents is 1. The Morgan fingerprint density at radius 2 is 2.11 bits per heavy atom. The lowest BCUT2D eigenvalue weighted by molar-refractivity contribution is 0.103. The van der Waals surface area contributed by atoms with Crippen LogP contribution in [-0.2, 0) is 6.54 Å². The maximum Gasteiger partial charge on any atom is 0.267 e. The summed E-state index contributed by atoms with van der Waals surface area (Å²) in [4.78, 5) is 17.2. The number of aromatic nitrogens is 3. The first-order chi connectivity index (χ1) is 12.9. The number of nitrogens with one attached hydrogen (secondary N) is 2. The Balaban J connectivity index is 1.75. The molecule has 8 nitrogen and oxygen atoms in total. The molecule has 0 fully saturated rings. The second-order valence-corrected chi connectivity index (χ2v) is 7.06. The summed E-state index contributed by atoms with van der Waals surface area (Å²) < 4.78 is 1.53. The Morgan fingerprint density at radius 3 is 2.85 bits per heavy atom. The number of hydrogen-bond donors (Lipinski definition) is 3. The highest BCUT2D eigenvalue weighted by atomic mass is 32.1. The summed E-state index contributed by atoms with van der Waals surface area (Å²) >= 11 is 1.19. The Kier molecular flexibility index (Phi) is 5.09. The zero-order valence-electron chi connectivity index (χ0n) is 15.1. The third-order valence-electron chi connectivity index (χ3n) is 4.02. The number of benzene rings is 1. The molecule has 138 valence electrons. The van der Waals surface area contributed by atoms with Crippen LogP contribution in [0.2, 0.25) is 0 Å². The molecule has 0 aliphatic carbocycles. The summed E-state index contributed by atoms with van der Waals surface area (Å²) in [6, 6.07) is 5.38. The maximum absolute atomic E-state index is 12.5. The van der Waals surface area contributed by atoms with Gasteiger partial charge in [0.2, 0.25) is 0 Å². The van der Waals surface area contributed by atoms with Crippen molar-refractivity contribution in [1.82, 2.24) is 14.8 Å². The molecule has 3 rings (SSSR count). The van der Waals surface area contributed by atoms with Gasteiger partial charge in [0.15, 0.2) is 10.9 Å². The molecule has 0 radical (unpaired) electrons. The van der Waals surface area contributed by atoms with Gasteiger partial charge in [-0.15, -0.1) is 0 Å². The van der Waals surface area contributed by atoms with Gasteiger partial charge < -0.3 is 15.7 Å². The fourth-order valence-electron chi connectivity index (χ4n) is 2.54. The summed E-state index contributed by atoms with van der Waals surface area (Å²) in [7, 11) is 0. The number of carbonyl (C=O) groups is 1. The van der Waals surface area contributed by atoms with Gasteiger partial charge in [0.25, 0.3) is 5.91 Å². The van der Waals surface area contributed by atoms with Gasteiger partial charge in [-0.1, -0.05) is 17.4 Å². The Bertz CT molecular complexity index is 1050. The van der Waals surface area contributed by atoms with E-state index < -0.39 is 0 Å². The van der Waals surface area contributed by atoms with Gasteiger partial charge in [0, 0.05) is 17.3 Å². The molecule has 1 aromatic carbocycles. The van der Waals surface area contributed by atoms with E-state index in [0.29, 0.717) is 27.1 Å². The van der Waals surface area contributed by atoms with E-state index in [4.69, 9.17) is 5.26 Å². The number of carbonyl (C=O) groups excluding carboxylic acids is 1. The van der Waals surface area contributed by atoms with Crippen LogP contribution in [0.25, 0.3) is 0 Å². The van der Waals surface area contributed by atoms with E-state index in [1.807, 2.05) is 19.9 Å². The first kappa shape index (κ1) is 18.4. The van der Waals surface area contributed by atoms with Gasteiger partial charge in [0.1, 0.15) is 17.2 Å². The topological polar surface area (TPSA) is 116 Å². The molecular formula is C18H18N6O2S. The highest BCUT2D eigenvalue weighted by Crippen LogP contribution is 2.29. The SMILES string of the molecule is Cc1cn(CC#N)nc1Nc1ncc(C(=O)Nc2c(C)ccc(O)c2C)s1. The van der Waals surface area contributed by atoms with Crippen molar-refractivity contribution < 1.29 is 9.90 Å². The normalized spacial score (nSPS) is 10.4. The monoisotopic (exact) mass is 382 g/mol. The molecule has 0 atom stereocenters. The van der Waals surface area contributed by atoms with Gasteiger partial charge in [-0.25, -0.2) is 4.98 Å². The van der Waals surface area contributed by atoms with Crippen LogP contribution < -0.4 is 10.6 Å². The number of amides is 1. The number of nitrogens with zero attached hydrogens (tertiary/aromatic N) is 4. The molecule has 0 bridgehead atoms. The summed E-state index contributed by atoms with van der Waals surface area (Å²) in [6.07, 6.45) is 3.25. The molecule has 0 aliphatic heterocycles. The van der Waals surface area contributed by atoms with Crippen LogP contribution in [0.3, 0.4) is 0 Å². The van der Waals surface area contributed by atoms with Gasteiger partial charge in [0.05, 0.1) is 18.0 Å². The van der Waals surface area contributed by atoms with Gasteiger partial charge in [-0.3, -0.25) is 9.48 Å². The van der Waals surface area contributed by atoms with Crippen LogP contribution in [0.1, 0.15) is 26.4 Å². The van der Waals surface area contributed by atoms with Crippen LogP contribution >= 0.6 is 11.3 Å².